The van der Waals surface area contributed by atoms with Crippen LogP contribution in [0.3, 0.4) is 0 Å². The Morgan fingerprint density at radius 3 is 2.35 bits per heavy atom. The monoisotopic (exact) mass is 481 g/mol. The smallest absolute Gasteiger partial charge is 0.261 e. The van der Waals surface area contributed by atoms with Crippen LogP contribution in [0.25, 0.3) is 0 Å². The van der Waals surface area contributed by atoms with E-state index in [4.69, 9.17) is 4.42 Å². The fourth-order valence-electron chi connectivity index (χ4n) is 3.57. The van der Waals surface area contributed by atoms with Crippen molar-refractivity contribution in [3.05, 3.63) is 75.9 Å². The van der Waals surface area contributed by atoms with E-state index in [9.17, 15) is 14.4 Å². The second-order valence-corrected chi connectivity index (χ2v) is 9.86. The standard InChI is InChI=1S/C26H31N3O4S/c1-6-26(4,5)28-25(32)23(20-9-7-11-33-20)29(19-14-17(2)13-18(3)15-19)22(30)16-27-24(31)21-10-8-12-34-21/h7-15,23H,6,16H2,1-5H3,(H,27,31)(H,28,32)/t23-/m0/s1. The molecule has 2 heterocycles. The number of benzene rings is 1. The Balaban J connectivity index is 2.01. The molecule has 0 unspecified atom stereocenters. The molecule has 1 aromatic carbocycles. The maximum atomic E-state index is 13.6. The number of carbonyl (C=O) groups excluding carboxylic acids is 3. The Morgan fingerprint density at radius 1 is 1.09 bits per heavy atom. The SMILES string of the molecule is CCC(C)(C)NC(=O)[C@H](c1ccco1)N(C(=O)CNC(=O)c1cccs1)c1cc(C)cc(C)c1. The maximum Gasteiger partial charge on any atom is 0.261 e. The number of hydrogen-bond donors (Lipinski definition) is 2. The molecule has 7 nitrogen and oxygen atoms in total. The molecule has 3 rings (SSSR count). The molecule has 0 fully saturated rings. The van der Waals surface area contributed by atoms with Gasteiger partial charge in [0.2, 0.25) is 5.91 Å². The lowest BCUT2D eigenvalue weighted by Crippen LogP contribution is -2.52. The zero-order chi connectivity index (χ0) is 24.9. The third kappa shape index (κ3) is 6.14. The number of amides is 3. The predicted molar refractivity (Wildman–Crippen MR) is 134 cm³/mol. The van der Waals surface area contributed by atoms with Crippen molar-refractivity contribution in [3.8, 4) is 0 Å². The number of nitrogens with zero attached hydrogens (tertiary/aromatic N) is 1. The number of rotatable bonds is 9. The summed E-state index contributed by atoms with van der Waals surface area (Å²) in [6.07, 6.45) is 2.18. The summed E-state index contributed by atoms with van der Waals surface area (Å²) in [5, 5.41) is 7.52. The molecular formula is C26H31N3O4S. The molecule has 8 heteroatoms. The zero-order valence-electron chi connectivity index (χ0n) is 20.2. The quantitative estimate of drug-likeness (QED) is 0.461. The normalized spacial score (nSPS) is 12.1. The molecule has 0 aliphatic rings. The summed E-state index contributed by atoms with van der Waals surface area (Å²) in [7, 11) is 0. The third-order valence-electron chi connectivity index (χ3n) is 5.56. The molecule has 1 atom stereocenters. The van der Waals surface area contributed by atoms with Gasteiger partial charge in [0.1, 0.15) is 5.76 Å². The van der Waals surface area contributed by atoms with Crippen LogP contribution in [0.15, 0.2) is 58.5 Å². The van der Waals surface area contributed by atoms with Crippen molar-refractivity contribution in [2.45, 2.75) is 52.6 Å². The molecule has 3 amide bonds. The maximum absolute atomic E-state index is 13.6. The topological polar surface area (TPSA) is 91.7 Å². The third-order valence-corrected chi connectivity index (χ3v) is 6.43. The van der Waals surface area contributed by atoms with Crippen molar-refractivity contribution in [2.75, 3.05) is 11.4 Å². The number of nitrogens with one attached hydrogen (secondary N) is 2. The van der Waals surface area contributed by atoms with Crippen LogP contribution in [0, 0.1) is 13.8 Å². The first-order valence-electron chi connectivity index (χ1n) is 11.2. The molecule has 2 N–H and O–H groups in total. The lowest BCUT2D eigenvalue weighted by atomic mass is 10.00. The van der Waals surface area contributed by atoms with E-state index >= 15 is 0 Å². The Bertz CT molecular complexity index is 1120. The molecule has 3 aromatic rings. The Hall–Kier alpha value is -3.39. The van der Waals surface area contributed by atoms with E-state index < -0.39 is 17.5 Å². The van der Waals surface area contributed by atoms with Gasteiger partial charge >= 0.3 is 0 Å². The summed E-state index contributed by atoms with van der Waals surface area (Å²) in [4.78, 5) is 41.6. The van der Waals surface area contributed by atoms with Gasteiger partial charge in [0.05, 0.1) is 17.7 Å². The van der Waals surface area contributed by atoms with Crippen molar-refractivity contribution in [1.82, 2.24) is 10.6 Å². The summed E-state index contributed by atoms with van der Waals surface area (Å²) >= 11 is 1.29. The van der Waals surface area contributed by atoms with Gasteiger partial charge in [-0.2, -0.15) is 0 Å². The molecule has 0 bridgehead atoms. The highest BCUT2D eigenvalue weighted by Crippen LogP contribution is 2.30. The van der Waals surface area contributed by atoms with Crippen LogP contribution in [0.1, 0.15) is 59.8 Å². The van der Waals surface area contributed by atoms with Crippen LogP contribution in [-0.2, 0) is 9.59 Å². The van der Waals surface area contributed by atoms with E-state index in [1.54, 1.807) is 29.6 Å². The lowest BCUT2D eigenvalue weighted by Gasteiger charge is -2.33. The summed E-state index contributed by atoms with van der Waals surface area (Å²) < 4.78 is 5.62. The first-order chi connectivity index (χ1) is 16.1. The first-order valence-corrected chi connectivity index (χ1v) is 12.1. The number of aryl methyl sites for hydroxylation is 2. The van der Waals surface area contributed by atoms with Crippen molar-refractivity contribution < 1.29 is 18.8 Å². The fraction of sp³-hybridized carbons (Fsp3) is 0.346. The summed E-state index contributed by atoms with van der Waals surface area (Å²) in [6.45, 7) is 9.42. The second-order valence-electron chi connectivity index (χ2n) is 8.91. The van der Waals surface area contributed by atoms with Crippen LogP contribution in [0.2, 0.25) is 0 Å². The van der Waals surface area contributed by atoms with Crippen LogP contribution in [0.4, 0.5) is 5.69 Å². The van der Waals surface area contributed by atoms with E-state index in [-0.39, 0.29) is 18.4 Å². The Labute approximate surface area is 204 Å². The van der Waals surface area contributed by atoms with Gasteiger partial charge in [-0.25, -0.2) is 0 Å². The van der Waals surface area contributed by atoms with E-state index in [0.717, 1.165) is 11.1 Å². The second kappa shape index (κ2) is 10.7. The van der Waals surface area contributed by atoms with Crippen LogP contribution >= 0.6 is 11.3 Å². The van der Waals surface area contributed by atoms with E-state index in [2.05, 4.69) is 10.6 Å². The van der Waals surface area contributed by atoms with Crippen LogP contribution in [0.5, 0.6) is 0 Å². The molecule has 34 heavy (non-hydrogen) atoms. The van der Waals surface area contributed by atoms with Crippen LogP contribution < -0.4 is 15.5 Å². The minimum atomic E-state index is -1.05. The zero-order valence-corrected chi connectivity index (χ0v) is 21.0. The molecule has 180 valence electrons. The molecule has 2 aromatic heterocycles. The highest BCUT2D eigenvalue weighted by atomic mass is 32.1. The average molecular weight is 482 g/mol. The fourth-order valence-corrected chi connectivity index (χ4v) is 4.21. The van der Waals surface area contributed by atoms with Gasteiger partial charge in [0.25, 0.3) is 11.8 Å². The molecule has 0 spiro atoms. The van der Waals surface area contributed by atoms with Gasteiger partial charge < -0.3 is 15.1 Å². The van der Waals surface area contributed by atoms with Crippen LogP contribution in [-0.4, -0.2) is 29.8 Å². The molecule has 0 aliphatic carbocycles. The van der Waals surface area contributed by atoms with Gasteiger partial charge in [0.15, 0.2) is 6.04 Å². The van der Waals surface area contributed by atoms with Gasteiger partial charge in [-0.15, -0.1) is 11.3 Å². The van der Waals surface area contributed by atoms with Gasteiger partial charge in [-0.3, -0.25) is 19.3 Å². The van der Waals surface area contributed by atoms with Crippen molar-refractivity contribution in [2.24, 2.45) is 0 Å². The molecule has 0 aliphatic heterocycles. The predicted octanol–water partition coefficient (Wildman–Crippen LogP) is 4.77. The summed E-state index contributed by atoms with van der Waals surface area (Å²) in [5.74, 6) is -0.795. The molecule has 0 radical (unpaired) electrons. The van der Waals surface area contributed by atoms with E-state index in [0.29, 0.717) is 22.7 Å². The van der Waals surface area contributed by atoms with E-state index in [1.165, 1.54) is 22.5 Å². The van der Waals surface area contributed by atoms with Gasteiger partial charge in [-0.05, 0) is 81.0 Å². The highest BCUT2D eigenvalue weighted by Gasteiger charge is 2.37. The Kier molecular flexibility index (Phi) is 7.94. The highest BCUT2D eigenvalue weighted by molar-refractivity contribution is 7.12. The largest absolute Gasteiger partial charge is 0.467 e. The lowest BCUT2D eigenvalue weighted by molar-refractivity contribution is -0.128. The van der Waals surface area contributed by atoms with Crippen molar-refractivity contribution >= 4 is 34.7 Å². The van der Waals surface area contributed by atoms with Gasteiger partial charge in [-0.1, -0.05) is 19.1 Å². The molecule has 0 saturated carbocycles. The summed E-state index contributed by atoms with van der Waals surface area (Å²) in [5.41, 5.74) is 1.97. The number of hydrogen-bond acceptors (Lipinski definition) is 5. The Morgan fingerprint density at radius 2 is 1.79 bits per heavy atom. The average Bonchev–Trinajstić information content (AvgIpc) is 3.48. The molecule has 0 saturated heterocycles. The first kappa shape index (κ1) is 25.2. The minimum absolute atomic E-state index is 0.272. The van der Waals surface area contributed by atoms with Crippen molar-refractivity contribution in [1.29, 1.82) is 0 Å². The van der Waals surface area contributed by atoms with E-state index in [1.807, 2.05) is 52.8 Å². The molecular weight excluding hydrogens is 450 g/mol. The minimum Gasteiger partial charge on any atom is -0.467 e. The van der Waals surface area contributed by atoms with Crippen molar-refractivity contribution in [3.63, 3.8) is 0 Å². The number of carbonyl (C=O) groups is 3. The number of furan rings is 1. The summed E-state index contributed by atoms with van der Waals surface area (Å²) in [6, 6.07) is 11.5. The number of thiophene rings is 1. The van der Waals surface area contributed by atoms with Gasteiger partial charge in [0, 0.05) is 11.2 Å². The number of anilines is 1.